The van der Waals surface area contributed by atoms with Crippen molar-refractivity contribution in [3.05, 3.63) is 69.3 Å². The van der Waals surface area contributed by atoms with Crippen LogP contribution in [0.2, 0.25) is 0 Å². The lowest BCUT2D eigenvalue weighted by Crippen LogP contribution is -2.29. The lowest BCUT2D eigenvalue weighted by atomic mass is 10.00. The van der Waals surface area contributed by atoms with E-state index in [-0.39, 0.29) is 18.1 Å². The van der Waals surface area contributed by atoms with Crippen LogP contribution in [0.3, 0.4) is 0 Å². The lowest BCUT2D eigenvalue weighted by molar-refractivity contribution is 0.242. The molecule has 0 aliphatic carbocycles. The van der Waals surface area contributed by atoms with Crippen LogP contribution in [0.25, 0.3) is 0 Å². The number of thiazole rings is 1. The second kappa shape index (κ2) is 9.44. The molecule has 186 valence electrons. The Labute approximate surface area is 206 Å². The van der Waals surface area contributed by atoms with Crippen molar-refractivity contribution in [2.45, 2.75) is 62.7 Å². The van der Waals surface area contributed by atoms with Crippen LogP contribution < -0.4 is 10.0 Å². The monoisotopic (exact) mass is 522 g/mol. The van der Waals surface area contributed by atoms with E-state index in [0.29, 0.717) is 24.2 Å². The largest absolute Gasteiger partial charge is 0.378 e. The second-order valence-electron chi connectivity index (χ2n) is 9.03. The van der Waals surface area contributed by atoms with Crippen molar-refractivity contribution < 1.29 is 21.6 Å². The number of aromatic nitrogens is 1. The Morgan fingerprint density at radius 3 is 2.40 bits per heavy atom. The van der Waals surface area contributed by atoms with Gasteiger partial charge in [-0.05, 0) is 61.9 Å². The van der Waals surface area contributed by atoms with Gasteiger partial charge in [0, 0.05) is 36.1 Å². The van der Waals surface area contributed by atoms with Gasteiger partial charge in [-0.2, -0.15) is 0 Å². The van der Waals surface area contributed by atoms with Crippen LogP contribution in [0.1, 0.15) is 42.4 Å². The number of halogens is 3. The molecule has 1 aromatic heterocycles. The van der Waals surface area contributed by atoms with Gasteiger partial charge in [0.15, 0.2) is 17.5 Å². The first-order valence-electron chi connectivity index (χ1n) is 11.4. The molecule has 2 aliphatic rings. The number of rotatable bonds is 8. The molecule has 5 rings (SSSR count). The summed E-state index contributed by atoms with van der Waals surface area (Å²) in [5, 5.41) is 4.20. The minimum atomic E-state index is -4.37. The van der Waals surface area contributed by atoms with E-state index in [1.807, 2.05) is 6.92 Å². The Kier molecular flexibility index (Phi) is 6.49. The zero-order valence-corrected chi connectivity index (χ0v) is 20.7. The maximum absolute atomic E-state index is 14.9. The second-order valence-corrected chi connectivity index (χ2v) is 11.4. The summed E-state index contributed by atoms with van der Waals surface area (Å²) in [5.74, 6) is -3.27. The average Bonchev–Trinajstić information content (AvgIpc) is 3.56. The topological polar surface area (TPSA) is 74.3 Å². The Balaban J connectivity index is 1.37. The number of benzene rings is 2. The van der Waals surface area contributed by atoms with Crippen LogP contribution in [0.4, 0.5) is 24.7 Å². The highest BCUT2D eigenvalue weighted by atomic mass is 32.2. The van der Waals surface area contributed by atoms with Gasteiger partial charge in [0.1, 0.15) is 10.7 Å². The predicted octanol–water partition coefficient (Wildman–Crippen LogP) is 5.41. The molecule has 0 saturated carbocycles. The first kappa shape index (κ1) is 24.1. The molecule has 6 nitrogen and oxygen atoms in total. The van der Waals surface area contributed by atoms with E-state index in [4.69, 9.17) is 0 Å². The van der Waals surface area contributed by atoms with Gasteiger partial charge in [-0.25, -0.2) is 26.6 Å². The number of nitrogens with zero attached hydrogens (tertiary/aromatic N) is 2. The SMILES string of the molecule is Cc1ccc(F)c(CNc2ccc(S(=O)(=O)Nc3cscn3)c(F)c2F)c1CN1C2CCC1CC2. The number of sulfonamides is 1. The van der Waals surface area contributed by atoms with Gasteiger partial charge in [0.2, 0.25) is 0 Å². The number of anilines is 2. The summed E-state index contributed by atoms with van der Waals surface area (Å²) < 4.78 is 71.6. The van der Waals surface area contributed by atoms with E-state index in [9.17, 15) is 21.6 Å². The van der Waals surface area contributed by atoms with E-state index >= 15 is 0 Å². The molecular formula is C24H25F3N4O2S2. The summed E-state index contributed by atoms with van der Waals surface area (Å²) in [4.78, 5) is 5.39. The maximum Gasteiger partial charge on any atom is 0.266 e. The van der Waals surface area contributed by atoms with E-state index in [1.54, 1.807) is 6.07 Å². The number of nitrogens with one attached hydrogen (secondary N) is 2. The molecule has 2 N–H and O–H groups in total. The lowest BCUT2D eigenvalue weighted by Gasteiger charge is -2.25. The van der Waals surface area contributed by atoms with Gasteiger partial charge in [-0.15, -0.1) is 11.3 Å². The molecule has 2 bridgehead atoms. The first-order valence-corrected chi connectivity index (χ1v) is 13.8. The van der Waals surface area contributed by atoms with E-state index < -0.39 is 32.4 Å². The minimum Gasteiger partial charge on any atom is -0.378 e. The number of aryl methyl sites for hydroxylation is 1. The molecule has 3 aromatic rings. The van der Waals surface area contributed by atoms with Crippen LogP contribution in [-0.2, 0) is 23.1 Å². The third-order valence-corrected chi connectivity index (χ3v) is 8.98. The van der Waals surface area contributed by atoms with Gasteiger partial charge in [0.05, 0.1) is 11.2 Å². The number of hydrogen-bond acceptors (Lipinski definition) is 6. The number of fused-ring (bicyclic) bond motifs is 2. The molecule has 2 aliphatic heterocycles. The maximum atomic E-state index is 14.9. The zero-order valence-electron chi connectivity index (χ0n) is 19.0. The van der Waals surface area contributed by atoms with Crippen LogP contribution in [0, 0.1) is 24.4 Å². The Hall–Kier alpha value is -2.63. The normalized spacial score (nSPS) is 19.9. The molecule has 0 unspecified atom stereocenters. The van der Waals surface area contributed by atoms with Crippen molar-refractivity contribution in [2.24, 2.45) is 0 Å². The van der Waals surface area contributed by atoms with Crippen molar-refractivity contribution in [1.82, 2.24) is 9.88 Å². The summed E-state index contributed by atoms with van der Waals surface area (Å²) >= 11 is 1.16. The summed E-state index contributed by atoms with van der Waals surface area (Å²) in [6.07, 6.45) is 4.63. The van der Waals surface area contributed by atoms with Crippen molar-refractivity contribution in [2.75, 3.05) is 10.0 Å². The van der Waals surface area contributed by atoms with Gasteiger partial charge in [0.25, 0.3) is 10.0 Å². The highest BCUT2D eigenvalue weighted by Crippen LogP contribution is 2.39. The quantitative estimate of drug-likeness (QED) is 0.414. The van der Waals surface area contributed by atoms with Crippen LogP contribution in [-0.4, -0.2) is 30.4 Å². The Morgan fingerprint density at radius 1 is 1.03 bits per heavy atom. The van der Waals surface area contributed by atoms with Crippen molar-refractivity contribution in [1.29, 1.82) is 0 Å². The van der Waals surface area contributed by atoms with Crippen molar-refractivity contribution in [3.8, 4) is 0 Å². The summed E-state index contributed by atoms with van der Waals surface area (Å²) in [6.45, 7) is 2.48. The molecule has 3 heterocycles. The molecule has 35 heavy (non-hydrogen) atoms. The third-order valence-electron chi connectivity index (χ3n) is 7.02. The first-order chi connectivity index (χ1) is 16.7. The van der Waals surface area contributed by atoms with Crippen LogP contribution in [0.5, 0.6) is 0 Å². The van der Waals surface area contributed by atoms with Gasteiger partial charge in [-0.3, -0.25) is 9.62 Å². The third kappa shape index (κ3) is 4.64. The molecule has 2 saturated heterocycles. The van der Waals surface area contributed by atoms with Crippen molar-refractivity contribution in [3.63, 3.8) is 0 Å². The predicted molar refractivity (Wildman–Crippen MR) is 129 cm³/mol. The summed E-state index contributed by atoms with van der Waals surface area (Å²) in [6, 6.07) is 6.27. The number of hydrogen-bond donors (Lipinski definition) is 2. The van der Waals surface area contributed by atoms with Gasteiger partial charge in [-0.1, -0.05) is 6.07 Å². The smallest absolute Gasteiger partial charge is 0.266 e. The molecule has 0 radical (unpaired) electrons. The fraction of sp³-hybridized carbons (Fsp3) is 0.375. The molecule has 2 fully saturated rings. The zero-order chi connectivity index (χ0) is 24.7. The van der Waals surface area contributed by atoms with Crippen LogP contribution >= 0.6 is 11.3 Å². The fourth-order valence-corrected chi connectivity index (χ4v) is 6.80. The highest BCUT2D eigenvalue weighted by molar-refractivity contribution is 7.92. The standard InChI is InChI=1S/C24H25F3N4O2S2/c1-14-2-7-19(25)17(18(14)11-31-15-3-4-16(31)6-5-15)10-28-20-8-9-21(24(27)23(20)26)35(32,33)30-22-12-34-13-29-22/h2,7-9,12-13,15-16,28,30H,3-6,10-11H2,1H3. The summed E-state index contributed by atoms with van der Waals surface area (Å²) in [7, 11) is -4.37. The van der Waals surface area contributed by atoms with Gasteiger partial charge < -0.3 is 5.32 Å². The van der Waals surface area contributed by atoms with E-state index in [0.717, 1.165) is 60.3 Å². The molecule has 2 aromatic carbocycles. The van der Waals surface area contributed by atoms with Crippen molar-refractivity contribution >= 4 is 32.9 Å². The highest BCUT2D eigenvalue weighted by Gasteiger charge is 2.39. The van der Waals surface area contributed by atoms with E-state index in [1.165, 1.54) is 17.0 Å². The minimum absolute atomic E-state index is 0.0194. The molecule has 0 spiro atoms. The average molecular weight is 523 g/mol. The Bertz CT molecular complexity index is 1330. The van der Waals surface area contributed by atoms with E-state index in [2.05, 4.69) is 19.9 Å². The molecule has 11 heteroatoms. The molecule has 0 atom stereocenters. The summed E-state index contributed by atoms with van der Waals surface area (Å²) in [5.41, 5.74) is 3.36. The molecule has 0 amide bonds. The molecular weight excluding hydrogens is 497 g/mol. The van der Waals surface area contributed by atoms with Gasteiger partial charge >= 0.3 is 0 Å². The van der Waals surface area contributed by atoms with Crippen LogP contribution in [0.15, 0.2) is 40.1 Å². The Morgan fingerprint density at radius 2 is 1.74 bits per heavy atom. The fourth-order valence-electron chi connectivity index (χ4n) is 5.17.